The number of nitrogens with zero attached hydrogens (tertiary/aromatic N) is 1. The molecule has 0 spiro atoms. The van der Waals surface area contributed by atoms with Crippen molar-refractivity contribution in [3.05, 3.63) is 0 Å². The Morgan fingerprint density at radius 1 is 1.59 bits per heavy atom. The number of carbonyl (C=O) groups is 1. The average Bonchev–Trinajstić information content (AvgIpc) is 2.77. The summed E-state index contributed by atoms with van der Waals surface area (Å²) >= 11 is 0. The van der Waals surface area contributed by atoms with Crippen LogP contribution in [-0.2, 0) is 9.53 Å². The first-order valence-corrected chi connectivity index (χ1v) is 6.70. The van der Waals surface area contributed by atoms with Gasteiger partial charge in [0.1, 0.15) is 5.60 Å². The van der Waals surface area contributed by atoms with Crippen molar-refractivity contribution >= 4 is 5.91 Å². The topological polar surface area (TPSA) is 55.6 Å². The monoisotopic (exact) mass is 240 g/mol. The Labute approximate surface area is 103 Å². The van der Waals surface area contributed by atoms with E-state index in [1.807, 2.05) is 11.8 Å². The smallest absolute Gasteiger partial charge is 0.254 e. The molecule has 3 atom stereocenters. The quantitative estimate of drug-likeness (QED) is 0.783. The number of hydrogen-bond donors (Lipinski definition) is 1. The van der Waals surface area contributed by atoms with E-state index in [0.717, 1.165) is 32.4 Å². The van der Waals surface area contributed by atoms with Crippen molar-refractivity contribution in [2.45, 2.75) is 38.7 Å². The fourth-order valence-electron chi connectivity index (χ4n) is 2.92. The second-order valence-electron chi connectivity index (χ2n) is 5.70. The molecular weight excluding hydrogens is 216 g/mol. The minimum absolute atomic E-state index is 0.167. The van der Waals surface area contributed by atoms with Crippen LogP contribution in [0.1, 0.15) is 33.1 Å². The van der Waals surface area contributed by atoms with Gasteiger partial charge in [-0.2, -0.15) is 0 Å². The van der Waals surface area contributed by atoms with E-state index in [4.69, 9.17) is 10.5 Å². The highest BCUT2D eigenvalue weighted by Gasteiger charge is 2.42. The molecule has 0 aromatic rings. The number of nitrogens with two attached hydrogens (primary N) is 1. The molecule has 2 aliphatic rings. The summed E-state index contributed by atoms with van der Waals surface area (Å²) in [6, 6.07) is 0. The lowest BCUT2D eigenvalue weighted by molar-refractivity contribution is -0.153. The molecule has 17 heavy (non-hydrogen) atoms. The molecule has 4 heteroatoms. The van der Waals surface area contributed by atoms with Crippen molar-refractivity contribution in [1.29, 1.82) is 0 Å². The molecule has 0 aliphatic carbocycles. The highest BCUT2D eigenvalue weighted by Crippen LogP contribution is 2.30. The predicted molar refractivity (Wildman–Crippen MR) is 66.5 cm³/mol. The van der Waals surface area contributed by atoms with Crippen LogP contribution >= 0.6 is 0 Å². The molecule has 0 aromatic heterocycles. The van der Waals surface area contributed by atoms with Crippen molar-refractivity contribution in [3.63, 3.8) is 0 Å². The SMILES string of the molecule is CC1CCN(C(=O)C2(C)CCCO2)CC1CN. The van der Waals surface area contributed by atoms with Gasteiger partial charge in [-0.25, -0.2) is 0 Å². The summed E-state index contributed by atoms with van der Waals surface area (Å²) in [6.45, 7) is 7.20. The molecule has 3 unspecified atom stereocenters. The summed E-state index contributed by atoms with van der Waals surface area (Å²) in [4.78, 5) is 14.4. The third-order valence-corrected chi connectivity index (χ3v) is 4.38. The second-order valence-corrected chi connectivity index (χ2v) is 5.70. The van der Waals surface area contributed by atoms with E-state index in [1.54, 1.807) is 0 Å². The zero-order chi connectivity index (χ0) is 12.5. The molecule has 0 aromatic carbocycles. The number of ether oxygens (including phenoxy) is 1. The Hall–Kier alpha value is -0.610. The van der Waals surface area contributed by atoms with Crippen molar-refractivity contribution in [2.75, 3.05) is 26.2 Å². The maximum Gasteiger partial charge on any atom is 0.254 e. The van der Waals surface area contributed by atoms with E-state index in [1.165, 1.54) is 0 Å². The average molecular weight is 240 g/mol. The first-order chi connectivity index (χ1) is 8.07. The van der Waals surface area contributed by atoms with Crippen LogP contribution in [0.15, 0.2) is 0 Å². The van der Waals surface area contributed by atoms with Crippen molar-refractivity contribution in [1.82, 2.24) is 4.90 Å². The van der Waals surface area contributed by atoms with Gasteiger partial charge in [-0.3, -0.25) is 4.79 Å². The van der Waals surface area contributed by atoms with Crippen molar-refractivity contribution < 1.29 is 9.53 Å². The molecule has 4 nitrogen and oxygen atoms in total. The van der Waals surface area contributed by atoms with Crippen LogP contribution < -0.4 is 5.73 Å². The molecule has 2 N–H and O–H groups in total. The summed E-state index contributed by atoms with van der Waals surface area (Å²) < 4.78 is 5.63. The highest BCUT2D eigenvalue weighted by atomic mass is 16.5. The lowest BCUT2D eigenvalue weighted by Gasteiger charge is -2.39. The minimum atomic E-state index is -0.570. The lowest BCUT2D eigenvalue weighted by Crippen LogP contribution is -2.52. The summed E-state index contributed by atoms with van der Waals surface area (Å²) in [5.41, 5.74) is 5.20. The Morgan fingerprint density at radius 2 is 2.35 bits per heavy atom. The van der Waals surface area contributed by atoms with Crippen molar-refractivity contribution in [2.24, 2.45) is 17.6 Å². The molecule has 2 aliphatic heterocycles. The van der Waals surface area contributed by atoms with Gasteiger partial charge >= 0.3 is 0 Å². The molecule has 1 amide bonds. The van der Waals surface area contributed by atoms with Gasteiger partial charge in [0.15, 0.2) is 0 Å². The third-order valence-electron chi connectivity index (χ3n) is 4.38. The minimum Gasteiger partial charge on any atom is -0.365 e. The normalized spacial score (nSPS) is 38.4. The van der Waals surface area contributed by atoms with Crippen LogP contribution in [0.2, 0.25) is 0 Å². The molecule has 0 bridgehead atoms. The summed E-state index contributed by atoms with van der Waals surface area (Å²) in [5.74, 6) is 1.24. The first-order valence-electron chi connectivity index (χ1n) is 6.70. The molecule has 2 heterocycles. The largest absolute Gasteiger partial charge is 0.365 e. The predicted octanol–water partition coefficient (Wildman–Crippen LogP) is 0.999. The van der Waals surface area contributed by atoms with Gasteiger partial charge in [0.25, 0.3) is 5.91 Å². The standard InChI is InChI=1S/C13H24N2O2/c1-10-4-6-15(9-11(10)8-14)12(16)13(2)5-3-7-17-13/h10-11H,3-9,14H2,1-2H3. The molecular formula is C13H24N2O2. The number of piperidine rings is 1. The van der Waals surface area contributed by atoms with Crippen LogP contribution in [0.3, 0.4) is 0 Å². The third kappa shape index (κ3) is 2.47. The lowest BCUT2D eigenvalue weighted by atomic mass is 9.86. The molecule has 0 radical (unpaired) electrons. The van der Waals surface area contributed by atoms with E-state index in [2.05, 4.69) is 6.92 Å². The van der Waals surface area contributed by atoms with Gasteiger partial charge in [0, 0.05) is 19.7 Å². The maximum absolute atomic E-state index is 12.5. The highest BCUT2D eigenvalue weighted by molar-refractivity contribution is 5.85. The molecule has 2 fully saturated rings. The van der Waals surface area contributed by atoms with Crippen molar-refractivity contribution in [3.8, 4) is 0 Å². The number of rotatable bonds is 2. The molecule has 2 saturated heterocycles. The fourth-order valence-corrected chi connectivity index (χ4v) is 2.92. The van der Waals surface area contributed by atoms with Gasteiger partial charge in [0.05, 0.1) is 0 Å². The maximum atomic E-state index is 12.5. The van der Waals surface area contributed by atoms with Gasteiger partial charge in [-0.1, -0.05) is 6.92 Å². The Kier molecular flexibility index (Phi) is 3.73. The van der Waals surface area contributed by atoms with Crippen LogP contribution in [0.4, 0.5) is 0 Å². The van der Waals surface area contributed by atoms with Crippen LogP contribution in [-0.4, -0.2) is 42.6 Å². The van der Waals surface area contributed by atoms with Gasteiger partial charge < -0.3 is 15.4 Å². The number of amides is 1. The number of hydrogen-bond acceptors (Lipinski definition) is 3. The Balaban J connectivity index is 2.00. The summed E-state index contributed by atoms with van der Waals surface area (Å²) in [7, 11) is 0. The van der Waals surface area contributed by atoms with Crippen LogP contribution in [0, 0.1) is 11.8 Å². The van der Waals surface area contributed by atoms with Gasteiger partial charge in [-0.15, -0.1) is 0 Å². The van der Waals surface area contributed by atoms with Crippen LogP contribution in [0.25, 0.3) is 0 Å². The first kappa shape index (κ1) is 12.8. The Morgan fingerprint density at radius 3 is 2.94 bits per heavy atom. The van der Waals surface area contributed by atoms with E-state index < -0.39 is 5.60 Å². The zero-order valence-corrected chi connectivity index (χ0v) is 10.9. The van der Waals surface area contributed by atoms with E-state index in [0.29, 0.717) is 25.0 Å². The van der Waals surface area contributed by atoms with E-state index >= 15 is 0 Å². The summed E-state index contributed by atoms with van der Waals surface area (Å²) in [5, 5.41) is 0. The number of carbonyl (C=O) groups excluding carboxylic acids is 1. The van der Waals surface area contributed by atoms with Gasteiger partial charge in [0.2, 0.25) is 0 Å². The molecule has 98 valence electrons. The van der Waals surface area contributed by atoms with Gasteiger partial charge in [-0.05, 0) is 44.6 Å². The zero-order valence-electron chi connectivity index (χ0n) is 10.9. The molecule has 2 rings (SSSR count). The Bertz CT molecular complexity index is 287. The molecule has 0 saturated carbocycles. The fraction of sp³-hybridized carbons (Fsp3) is 0.923. The van der Waals surface area contributed by atoms with E-state index in [9.17, 15) is 4.79 Å². The summed E-state index contributed by atoms with van der Waals surface area (Å²) in [6.07, 6.45) is 2.90. The number of likely N-dealkylation sites (tertiary alicyclic amines) is 1. The second kappa shape index (κ2) is 4.94. The van der Waals surface area contributed by atoms with Crippen LogP contribution in [0.5, 0.6) is 0 Å². The van der Waals surface area contributed by atoms with E-state index in [-0.39, 0.29) is 5.91 Å².